The molecule has 0 bridgehead atoms. The maximum atomic E-state index is 12.7. The zero-order valence-electron chi connectivity index (χ0n) is 8.70. The van der Waals surface area contributed by atoms with Gasteiger partial charge < -0.3 is 0 Å². The van der Waals surface area contributed by atoms with Crippen LogP contribution in [0.1, 0.15) is 0 Å². The molecule has 0 N–H and O–H groups in total. The van der Waals surface area contributed by atoms with E-state index in [4.69, 9.17) is 0 Å². The third kappa shape index (κ3) is 2.72. The van der Waals surface area contributed by atoms with Crippen LogP contribution in [-0.2, 0) is 0 Å². The summed E-state index contributed by atoms with van der Waals surface area (Å²) in [6.45, 7) is 0. The van der Waals surface area contributed by atoms with E-state index in [9.17, 15) is 57.1 Å². The summed E-state index contributed by atoms with van der Waals surface area (Å²) in [6.07, 6.45) is -7.40. The highest BCUT2D eigenvalue weighted by molar-refractivity contribution is 8.21. The fraction of sp³-hybridized carbons (Fsp3) is 1.00. The third-order valence-electron chi connectivity index (χ3n) is 2.00. The van der Waals surface area contributed by atoms with Gasteiger partial charge in [-0.3, -0.25) is 0 Å². The van der Waals surface area contributed by atoms with E-state index in [1.54, 1.807) is 0 Å². The molecule has 0 nitrogen and oxygen atoms in total. The molecule has 0 radical (unpaired) electrons. The minimum absolute atomic E-state index is 1.96. The Morgan fingerprint density at radius 1 is 0.476 bits per heavy atom. The summed E-state index contributed by atoms with van der Waals surface area (Å²) in [5.41, 5.74) is 0. The van der Waals surface area contributed by atoms with Gasteiger partial charge in [-0.1, -0.05) is 0 Å². The van der Waals surface area contributed by atoms with Gasteiger partial charge in [0.15, 0.2) is 0 Å². The van der Waals surface area contributed by atoms with Gasteiger partial charge in [0.1, 0.15) is 0 Å². The molecule has 0 saturated carbocycles. The highest BCUT2D eigenvalue weighted by atomic mass is 35.7. The first-order valence-electron chi connectivity index (χ1n) is 4.07. The molecular weight excluding hydrogens is 387 g/mol. The second kappa shape index (κ2) is 5.13. The van der Waals surface area contributed by atoms with E-state index in [2.05, 4.69) is 10.7 Å². The van der Waals surface area contributed by atoms with Crippen LogP contribution >= 0.6 is 21.7 Å². The molecule has 0 atom stereocenters. The van der Waals surface area contributed by atoms with Crippen LogP contribution in [0.25, 0.3) is 0 Å². The molecule has 0 saturated heterocycles. The van der Waals surface area contributed by atoms with Gasteiger partial charge in [0.2, 0.25) is 0 Å². The molecule has 0 amide bonds. The van der Waals surface area contributed by atoms with Gasteiger partial charge in [0.25, 0.3) is 0 Å². The normalized spacial score (nSPS) is 16.3. The molecule has 0 heterocycles. The Hall–Kier alpha value is -0.270. The van der Waals surface area contributed by atoms with Gasteiger partial charge in [-0.15, -0.1) is 0 Å². The highest BCUT2D eigenvalue weighted by Crippen LogP contribution is 2.62. The molecule has 0 aliphatic heterocycles. The lowest BCUT2D eigenvalue weighted by Gasteiger charge is -2.38. The van der Waals surface area contributed by atoms with Crippen molar-refractivity contribution in [2.24, 2.45) is 0 Å². The van der Waals surface area contributed by atoms with Gasteiger partial charge in [-0.25, -0.2) is 0 Å². The van der Waals surface area contributed by atoms with Crippen LogP contribution in [0.15, 0.2) is 0 Å². The van der Waals surface area contributed by atoms with E-state index in [1.165, 1.54) is 0 Å². The van der Waals surface area contributed by atoms with Gasteiger partial charge in [0, 0.05) is 11.0 Å². The first-order valence-corrected chi connectivity index (χ1v) is 5.71. The summed E-state index contributed by atoms with van der Waals surface area (Å²) in [6, 6.07) is 0. The molecule has 0 aromatic heterocycles. The Bertz CT molecular complexity index is 385. The SMILES string of the molecule is FC(F)(F)C(F)(F)C(F)(F)C(F)(F)C(F)(F)C(F)(F)SCl. The molecule has 21 heavy (non-hydrogen) atoms. The minimum Gasteiger partial charge on any atom is -0.192 e. The summed E-state index contributed by atoms with van der Waals surface area (Å²) < 4.78 is 160. The lowest BCUT2D eigenvalue weighted by Crippen LogP contribution is -2.69. The summed E-state index contributed by atoms with van der Waals surface area (Å²) in [5.74, 6) is -30.7. The number of alkyl halides is 13. The fourth-order valence-electron chi connectivity index (χ4n) is 0.804. The number of halogens is 14. The molecule has 0 unspecified atom stereocenters. The molecule has 0 fully saturated rings. The molecular formula is C6ClF13S. The van der Waals surface area contributed by atoms with Crippen LogP contribution < -0.4 is 0 Å². The summed E-state index contributed by atoms with van der Waals surface area (Å²) in [5, 5.41) is -6.26. The molecule has 0 spiro atoms. The van der Waals surface area contributed by atoms with Crippen LogP contribution in [0.4, 0.5) is 57.1 Å². The van der Waals surface area contributed by atoms with Crippen molar-refractivity contribution in [3.05, 3.63) is 0 Å². The van der Waals surface area contributed by atoms with Crippen LogP contribution in [0.2, 0.25) is 0 Å². The van der Waals surface area contributed by atoms with E-state index >= 15 is 0 Å². The van der Waals surface area contributed by atoms with Crippen LogP contribution in [0.5, 0.6) is 0 Å². The molecule has 0 rings (SSSR count). The largest absolute Gasteiger partial charge is 0.460 e. The van der Waals surface area contributed by atoms with E-state index in [0.29, 0.717) is 0 Å². The Morgan fingerprint density at radius 2 is 0.762 bits per heavy atom. The monoisotopic (exact) mass is 386 g/mol. The van der Waals surface area contributed by atoms with Crippen LogP contribution in [-0.4, -0.2) is 35.1 Å². The van der Waals surface area contributed by atoms with Gasteiger partial charge >= 0.3 is 35.1 Å². The minimum atomic E-state index is -7.88. The van der Waals surface area contributed by atoms with Crippen molar-refractivity contribution in [1.82, 2.24) is 0 Å². The lowest BCUT2D eigenvalue weighted by molar-refractivity contribution is -0.433. The smallest absolute Gasteiger partial charge is 0.192 e. The average molecular weight is 387 g/mol. The van der Waals surface area contributed by atoms with E-state index in [0.717, 1.165) is 0 Å². The maximum Gasteiger partial charge on any atom is 0.460 e. The summed E-state index contributed by atoms with van der Waals surface area (Å²) >= 11 is 0. The third-order valence-corrected chi connectivity index (χ3v) is 3.03. The van der Waals surface area contributed by atoms with Gasteiger partial charge in [-0.05, 0) is 10.7 Å². The Balaban J connectivity index is 6.14. The number of rotatable bonds is 5. The fourth-order valence-corrected chi connectivity index (χ4v) is 1.32. The summed E-state index contributed by atoms with van der Waals surface area (Å²) in [4.78, 5) is 0. The summed E-state index contributed by atoms with van der Waals surface area (Å²) in [7, 11) is 2.08. The molecule has 0 aliphatic rings. The molecule has 0 aromatic carbocycles. The molecule has 0 aromatic rings. The van der Waals surface area contributed by atoms with Gasteiger partial charge in [-0.2, -0.15) is 57.1 Å². The van der Waals surface area contributed by atoms with Crippen molar-refractivity contribution >= 4 is 21.7 Å². The predicted molar refractivity (Wildman–Crippen MR) is 44.2 cm³/mol. The van der Waals surface area contributed by atoms with Crippen molar-refractivity contribution in [1.29, 1.82) is 0 Å². The van der Waals surface area contributed by atoms with E-state index in [-0.39, 0.29) is 0 Å². The number of hydrogen-bond acceptors (Lipinski definition) is 1. The van der Waals surface area contributed by atoms with Crippen molar-refractivity contribution in [2.75, 3.05) is 0 Å². The van der Waals surface area contributed by atoms with Gasteiger partial charge in [0.05, 0.1) is 0 Å². The second-order valence-electron chi connectivity index (χ2n) is 3.39. The molecule has 0 aliphatic carbocycles. The van der Waals surface area contributed by atoms with Crippen LogP contribution in [0, 0.1) is 0 Å². The Morgan fingerprint density at radius 3 is 1.00 bits per heavy atom. The van der Waals surface area contributed by atoms with E-state index in [1.807, 2.05) is 0 Å². The van der Waals surface area contributed by atoms with E-state index < -0.39 is 46.1 Å². The maximum absolute atomic E-state index is 12.7. The topological polar surface area (TPSA) is 0 Å². The van der Waals surface area contributed by atoms with Crippen molar-refractivity contribution < 1.29 is 57.1 Å². The zero-order valence-corrected chi connectivity index (χ0v) is 10.3. The average Bonchev–Trinajstić information content (AvgIpc) is 2.26. The Labute approximate surface area is 115 Å². The first kappa shape index (κ1) is 20.7. The quantitative estimate of drug-likeness (QED) is 0.557. The standard InChI is InChI=1S/C6ClF13S/c7-21-6(19,20)4(14,15)2(10,11)1(8,9)3(12,13)5(16,17)18. The lowest BCUT2D eigenvalue weighted by atomic mass is 9.98. The second-order valence-corrected chi connectivity index (χ2v) is 4.52. The van der Waals surface area contributed by atoms with Crippen molar-refractivity contribution in [2.45, 2.75) is 35.1 Å². The first-order chi connectivity index (χ1) is 8.81. The highest BCUT2D eigenvalue weighted by Gasteiger charge is 2.90. The molecule has 15 heteroatoms. The van der Waals surface area contributed by atoms with Crippen molar-refractivity contribution in [3.63, 3.8) is 0 Å². The Kier molecular flexibility index (Phi) is 5.06. The predicted octanol–water partition coefficient (Wildman–Crippen LogP) is 5.57. The number of hydrogen-bond donors (Lipinski definition) is 0. The van der Waals surface area contributed by atoms with Crippen LogP contribution in [0.3, 0.4) is 0 Å². The van der Waals surface area contributed by atoms with Crippen molar-refractivity contribution in [3.8, 4) is 0 Å². The molecule has 128 valence electrons. The zero-order chi connectivity index (χ0) is 17.7.